The van der Waals surface area contributed by atoms with Crippen LogP contribution in [0.25, 0.3) is 16.6 Å². The Hall–Kier alpha value is -2.69. The van der Waals surface area contributed by atoms with Crippen LogP contribution in [0.2, 0.25) is 0 Å². The summed E-state index contributed by atoms with van der Waals surface area (Å²) in [6, 6.07) is 11.1. The highest BCUT2D eigenvalue weighted by molar-refractivity contribution is 5.78. The van der Waals surface area contributed by atoms with Crippen molar-refractivity contribution in [1.82, 2.24) is 9.55 Å². The van der Waals surface area contributed by atoms with Gasteiger partial charge in [0.2, 0.25) is 0 Å². The fourth-order valence-electron chi connectivity index (χ4n) is 2.37. The molecule has 0 spiro atoms. The third-order valence-electron chi connectivity index (χ3n) is 3.32. The minimum atomic E-state index is -0.461. The van der Waals surface area contributed by atoms with Gasteiger partial charge in [0.05, 0.1) is 23.7 Å². The van der Waals surface area contributed by atoms with E-state index in [1.807, 2.05) is 6.07 Å². The van der Waals surface area contributed by atoms with Crippen LogP contribution in [0.15, 0.2) is 47.3 Å². The van der Waals surface area contributed by atoms with Crippen molar-refractivity contribution in [2.24, 2.45) is 0 Å². The normalized spacial score (nSPS) is 10.8. The molecule has 0 radical (unpaired) electrons. The van der Waals surface area contributed by atoms with E-state index < -0.39 is 5.82 Å². The minimum Gasteiger partial charge on any atom is -0.495 e. The lowest BCUT2D eigenvalue weighted by Gasteiger charge is -2.13. The van der Waals surface area contributed by atoms with Crippen LogP contribution in [0.4, 0.5) is 4.39 Å². The lowest BCUT2D eigenvalue weighted by Crippen LogP contribution is -2.22. The van der Waals surface area contributed by atoms with Crippen LogP contribution in [-0.2, 0) is 0 Å². The highest BCUT2D eigenvalue weighted by Gasteiger charge is 2.13. The molecule has 3 aromatic rings. The number of para-hydroxylation sites is 2. The van der Waals surface area contributed by atoms with Gasteiger partial charge in [-0.25, -0.2) is 9.37 Å². The van der Waals surface area contributed by atoms with Crippen molar-refractivity contribution in [3.8, 4) is 11.4 Å². The number of aryl methyl sites for hydroxylation is 1. The summed E-state index contributed by atoms with van der Waals surface area (Å²) in [5.74, 6) is 0.612. The van der Waals surface area contributed by atoms with Gasteiger partial charge in [-0.2, -0.15) is 0 Å². The molecular weight excluding hydrogens is 271 g/mol. The molecule has 106 valence electrons. The average Bonchev–Trinajstić information content (AvgIpc) is 2.49. The second kappa shape index (κ2) is 5.01. The van der Waals surface area contributed by atoms with Gasteiger partial charge in [-0.3, -0.25) is 9.36 Å². The first kappa shape index (κ1) is 13.3. The second-order valence-corrected chi connectivity index (χ2v) is 4.63. The molecule has 21 heavy (non-hydrogen) atoms. The Morgan fingerprint density at radius 3 is 2.71 bits per heavy atom. The number of nitrogens with zero attached hydrogens (tertiary/aromatic N) is 2. The van der Waals surface area contributed by atoms with Crippen LogP contribution in [0.5, 0.6) is 5.75 Å². The first-order valence-electron chi connectivity index (χ1n) is 6.44. The summed E-state index contributed by atoms with van der Waals surface area (Å²) < 4.78 is 20.1. The van der Waals surface area contributed by atoms with Crippen molar-refractivity contribution in [3.05, 3.63) is 64.5 Å². The number of aromatic nitrogens is 2. The molecule has 0 N–H and O–H groups in total. The first-order valence-corrected chi connectivity index (χ1v) is 6.44. The zero-order valence-electron chi connectivity index (χ0n) is 11.6. The summed E-state index contributed by atoms with van der Waals surface area (Å²) >= 11 is 0. The number of ether oxygens (including phenoxy) is 1. The Morgan fingerprint density at radius 2 is 1.95 bits per heavy atom. The fourth-order valence-corrected chi connectivity index (χ4v) is 2.37. The van der Waals surface area contributed by atoms with Gasteiger partial charge >= 0.3 is 0 Å². The first-order chi connectivity index (χ1) is 10.1. The number of hydrogen-bond donors (Lipinski definition) is 0. The van der Waals surface area contributed by atoms with Gasteiger partial charge in [-0.05, 0) is 37.3 Å². The molecule has 0 saturated heterocycles. The third kappa shape index (κ3) is 2.16. The van der Waals surface area contributed by atoms with Crippen molar-refractivity contribution in [1.29, 1.82) is 0 Å². The molecule has 2 aromatic carbocycles. The van der Waals surface area contributed by atoms with Crippen LogP contribution in [0.3, 0.4) is 0 Å². The maximum Gasteiger partial charge on any atom is 0.266 e. The Bertz CT molecular complexity index is 887. The molecule has 0 saturated carbocycles. The molecule has 3 rings (SSSR count). The lowest BCUT2D eigenvalue weighted by atomic mass is 10.2. The van der Waals surface area contributed by atoms with Crippen LogP contribution in [0.1, 0.15) is 5.82 Å². The number of rotatable bonds is 2. The highest BCUT2D eigenvalue weighted by atomic mass is 19.1. The summed E-state index contributed by atoms with van der Waals surface area (Å²) in [5.41, 5.74) is 0.743. The standard InChI is InChI=1S/C16H13FN2O2/c1-10-18-13-8-7-11(17)9-12(13)16(20)19(10)14-5-3-4-6-15(14)21-2/h3-9H,1-2H3. The minimum absolute atomic E-state index is 0.242. The van der Waals surface area contributed by atoms with Crippen molar-refractivity contribution in [2.75, 3.05) is 7.11 Å². The molecular formula is C16H13FN2O2. The molecule has 0 unspecified atom stereocenters. The zero-order chi connectivity index (χ0) is 15.0. The van der Waals surface area contributed by atoms with Gasteiger partial charge < -0.3 is 4.74 Å². The van der Waals surface area contributed by atoms with Gasteiger partial charge in [-0.1, -0.05) is 12.1 Å². The Labute approximate surface area is 120 Å². The number of halogens is 1. The Balaban J connectivity index is 2.40. The second-order valence-electron chi connectivity index (χ2n) is 4.63. The highest BCUT2D eigenvalue weighted by Crippen LogP contribution is 2.22. The number of benzene rings is 2. The molecule has 0 amide bonds. The Kier molecular flexibility index (Phi) is 3.17. The van der Waals surface area contributed by atoms with E-state index in [0.29, 0.717) is 22.8 Å². The fraction of sp³-hybridized carbons (Fsp3) is 0.125. The van der Waals surface area contributed by atoms with E-state index in [1.165, 1.54) is 29.9 Å². The lowest BCUT2D eigenvalue weighted by molar-refractivity contribution is 0.412. The van der Waals surface area contributed by atoms with Gasteiger partial charge in [0, 0.05) is 0 Å². The Morgan fingerprint density at radius 1 is 1.19 bits per heavy atom. The molecule has 0 atom stereocenters. The number of fused-ring (bicyclic) bond motifs is 1. The number of hydrogen-bond acceptors (Lipinski definition) is 3. The van der Waals surface area contributed by atoms with E-state index in [2.05, 4.69) is 4.98 Å². The van der Waals surface area contributed by atoms with Gasteiger partial charge in [0.25, 0.3) is 5.56 Å². The van der Waals surface area contributed by atoms with E-state index in [0.717, 1.165) is 0 Å². The molecule has 0 fully saturated rings. The van der Waals surface area contributed by atoms with Crippen LogP contribution >= 0.6 is 0 Å². The summed E-state index contributed by atoms with van der Waals surface area (Å²) in [5, 5.41) is 0.242. The van der Waals surface area contributed by atoms with Crippen LogP contribution < -0.4 is 10.3 Å². The molecule has 1 aromatic heterocycles. The SMILES string of the molecule is COc1ccccc1-n1c(C)nc2ccc(F)cc2c1=O. The predicted molar refractivity (Wildman–Crippen MR) is 78.6 cm³/mol. The largest absolute Gasteiger partial charge is 0.495 e. The van der Waals surface area contributed by atoms with Crippen molar-refractivity contribution in [3.63, 3.8) is 0 Å². The van der Waals surface area contributed by atoms with E-state index >= 15 is 0 Å². The number of methoxy groups -OCH3 is 1. The zero-order valence-corrected chi connectivity index (χ0v) is 11.6. The van der Waals surface area contributed by atoms with Crippen molar-refractivity contribution >= 4 is 10.9 Å². The monoisotopic (exact) mass is 284 g/mol. The van der Waals surface area contributed by atoms with Crippen molar-refractivity contribution < 1.29 is 9.13 Å². The predicted octanol–water partition coefficient (Wildman–Crippen LogP) is 2.84. The van der Waals surface area contributed by atoms with E-state index in [-0.39, 0.29) is 10.9 Å². The molecule has 0 aliphatic carbocycles. The van der Waals surface area contributed by atoms with Crippen molar-refractivity contribution in [2.45, 2.75) is 6.92 Å². The van der Waals surface area contributed by atoms with E-state index in [4.69, 9.17) is 4.74 Å². The quantitative estimate of drug-likeness (QED) is 0.727. The summed E-state index contributed by atoms with van der Waals surface area (Å²) in [4.78, 5) is 17.0. The van der Waals surface area contributed by atoms with E-state index in [9.17, 15) is 9.18 Å². The molecule has 4 nitrogen and oxygen atoms in total. The van der Waals surface area contributed by atoms with Gasteiger partial charge in [0.15, 0.2) is 0 Å². The van der Waals surface area contributed by atoms with Crippen LogP contribution in [0, 0.1) is 12.7 Å². The summed E-state index contributed by atoms with van der Waals surface area (Å²) in [6.45, 7) is 1.73. The molecule has 1 heterocycles. The maximum atomic E-state index is 13.4. The molecule has 5 heteroatoms. The maximum absolute atomic E-state index is 13.4. The van der Waals surface area contributed by atoms with Gasteiger partial charge in [0.1, 0.15) is 17.4 Å². The topological polar surface area (TPSA) is 44.1 Å². The summed E-state index contributed by atoms with van der Waals surface area (Å²) in [7, 11) is 1.54. The smallest absolute Gasteiger partial charge is 0.266 e. The van der Waals surface area contributed by atoms with Gasteiger partial charge in [-0.15, -0.1) is 0 Å². The summed E-state index contributed by atoms with van der Waals surface area (Å²) in [6.07, 6.45) is 0. The molecule has 0 aliphatic rings. The van der Waals surface area contributed by atoms with Crippen LogP contribution in [-0.4, -0.2) is 16.7 Å². The molecule has 0 aliphatic heterocycles. The average molecular weight is 284 g/mol. The molecule has 0 bridgehead atoms. The van der Waals surface area contributed by atoms with E-state index in [1.54, 1.807) is 25.1 Å². The third-order valence-corrected chi connectivity index (χ3v) is 3.32.